The number of ether oxygens (including phenoxy) is 2. The molecule has 5 rings (SSSR count). The number of hydrogen-bond acceptors (Lipinski definition) is 5. The molecule has 0 bridgehead atoms. The second-order valence-corrected chi connectivity index (χ2v) is 11.3. The van der Waals surface area contributed by atoms with Gasteiger partial charge in [0, 0.05) is 36.5 Å². The lowest BCUT2D eigenvalue weighted by molar-refractivity contribution is -0.201. The van der Waals surface area contributed by atoms with Crippen molar-refractivity contribution in [1.29, 1.82) is 0 Å². The number of likely N-dealkylation sites (tertiary alicyclic amines) is 1. The third-order valence-electron chi connectivity index (χ3n) is 7.99. The highest BCUT2D eigenvalue weighted by Crippen LogP contribution is 2.47. The number of aromatic nitrogens is 1. The van der Waals surface area contributed by atoms with Crippen molar-refractivity contribution in [1.82, 2.24) is 15.2 Å². The van der Waals surface area contributed by atoms with Crippen LogP contribution in [0.5, 0.6) is 0 Å². The van der Waals surface area contributed by atoms with Crippen molar-refractivity contribution in [3.8, 4) is 11.1 Å². The summed E-state index contributed by atoms with van der Waals surface area (Å²) in [6.45, 7) is 4.16. The van der Waals surface area contributed by atoms with Crippen molar-refractivity contribution in [2.24, 2.45) is 5.92 Å². The molecule has 3 aromatic rings. The monoisotopic (exact) mass is 619 g/mol. The van der Waals surface area contributed by atoms with Gasteiger partial charge in [-0.25, -0.2) is 0 Å². The van der Waals surface area contributed by atoms with E-state index in [1.807, 2.05) is 24.3 Å². The van der Waals surface area contributed by atoms with Crippen LogP contribution < -0.4 is 5.32 Å². The van der Waals surface area contributed by atoms with E-state index in [4.69, 9.17) is 32.7 Å². The van der Waals surface area contributed by atoms with Crippen LogP contribution in [0.25, 0.3) is 11.1 Å². The second kappa shape index (κ2) is 12.5. The lowest BCUT2D eigenvalue weighted by Gasteiger charge is -2.43. The number of carbonyl (C=O) groups excluding carboxylic acids is 1. The maximum absolute atomic E-state index is 13.2. The molecule has 1 atom stereocenters. The van der Waals surface area contributed by atoms with E-state index >= 15 is 0 Å². The summed E-state index contributed by atoms with van der Waals surface area (Å²) in [6.07, 6.45) is 3.72. The molecule has 0 saturated carbocycles. The lowest BCUT2D eigenvalue weighted by atomic mass is 9.80. The maximum Gasteiger partial charge on any atom is 0.416 e. The minimum atomic E-state index is -4.40. The maximum atomic E-state index is 13.2. The Labute approximate surface area is 252 Å². The molecule has 0 radical (unpaired) electrons. The summed E-state index contributed by atoms with van der Waals surface area (Å²) >= 11 is 12.2. The van der Waals surface area contributed by atoms with E-state index < -0.39 is 17.5 Å². The third-order valence-corrected chi connectivity index (χ3v) is 8.56. The van der Waals surface area contributed by atoms with E-state index in [9.17, 15) is 18.0 Å². The Morgan fingerprint density at radius 2 is 1.67 bits per heavy atom. The molecule has 2 aliphatic heterocycles. The van der Waals surface area contributed by atoms with Gasteiger partial charge in [-0.15, -0.1) is 0 Å². The number of hydrogen-bond donors (Lipinski definition) is 1. The molecule has 1 fully saturated rings. The van der Waals surface area contributed by atoms with Gasteiger partial charge in [-0.2, -0.15) is 13.2 Å². The molecule has 2 aliphatic rings. The van der Waals surface area contributed by atoms with Gasteiger partial charge in [0.2, 0.25) is 0 Å². The van der Waals surface area contributed by atoms with Gasteiger partial charge >= 0.3 is 6.18 Å². The zero-order valence-electron chi connectivity index (χ0n) is 22.8. The summed E-state index contributed by atoms with van der Waals surface area (Å²) in [7, 11) is 0. The molecule has 1 saturated heterocycles. The molecule has 6 nitrogen and oxygen atoms in total. The van der Waals surface area contributed by atoms with Gasteiger partial charge in [0.1, 0.15) is 12.5 Å². The van der Waals surface area contributed by atoms with Gasteiger partial charge in [0.15, 0.2) is 0 Å². The van der Waals surface area contributed by atoms with Crippen LogP contribution in [0.4, 0.5) is 13.2 Å². The third kappa shape index (κ3) is 6.23. The number of amides is 1. The molecule has 1 aromatic heterocycles. The van der Waals surface area contributed by atoms with Crippen LogP contribution in [0.1, 0.15) is 47.7 Å². The molecule has 2 aromatic carbocycles. The van der Waals surface area contributed by atoms with Crippen LogP contribution in [0.15, 0.2) is 73.4 Å². The standard InChI is InChI=1S/C31H30Cl2F3N3O3/c1-20(10-13-38-29(40)28-26(32)18-37-19-27(28)33)39-14-11-22(12-15-39)30(41-16-17-42-30)25-5-3-2-4-24(25)21-6-8-23(9-7-21)31(34,35)36/h2-9,16-20,22H,10-15H2,1H3,(H,38,40). The fraction of sp³-hybridized carbons (Fsp3) is 0.355. The Kier molecular flexibility index (Phi) is 9.01. The van der Waals surface area contributed by atoms with E-state index in [2.05, 4.69) is 22.1 Å². The Balaban J connectivity index is 1.24. The summed E-state index contributed by atoms with van der Waals surface area (Å²) in [5.74, 6) is -1.41. The van der Waals surface area contributed by atoms with Gasteiger partial charge in [0.05, 0.1) is 21.2 Å². The van der Waals surface area contributed by atoms with E-state index in [-0.39, 0.29) is 33.5 Å². The summed E-state index contributed by atoms with van der Waals surface area (Å²) in [5, 5.41) is 3.30. The number of carbonyl (C=O) groups is 1. The topological polar surface area (TPSA) is 63.7 Å². The summed E-state index contributed by atoms with van der Waals surface area (Å²) in [6, 6.07) is 12.9. The largest absolute Gasteiger partial charge is 0.452 e. The molecular formula is C31H30Cl2F3N3O3. The lowest BCUT2D eigenvalue weighted by Crippen LogP contribution is -2.47. The van der Waals surface area contributed by atoms with Gasteiger partial charge < -0.3 is 19.7 Å². The first kappa shape index (κ1) is 30.2. The predicted molar refractivity (Wildman–Crippen MR) is 155 cm³/mol. The van der Waals surface area contributed by atoms with Crippen molar-refractivity contribution < 1.29 is 27.4 Å². The van der Waals surface area contributed by atoms with Crippen molar-refractivity contribution in [2.75, 3.05) is 19.6 Å². The van der Waals surface area contributed by atoms with Crippen molar-refractivity contribution in [2.45, 2.75) is 44.2 Å². The zero-order valence-corrected chi connectivity index (χ0v) is 24.3. The normalized spacial score (nSPS) is 17.9. The second-order valence-electron chi connectivity index (χ2n) is 10.5. The first-order valence-electron chi connectivity index (χ1n) is 13.7. The van der Waals surface area contributed by atoms with Crippen LogP contribution in [0.3, 0.4) is 0 Å². The first-order valence-corrected chi connectivity index (χ1v) is 14.4. The molecule has 1 unspecified atom stereocenters. The van der Waals surface area contributed by atoms with Crippen molar-refractivity contribution in [3.63, 3.8) is 0 Å². The van der Waals surface area contributed by atoms with Gasteiger partial charge in [0.25, 0.3) is 11.7 Å². The average Bonchev–Trinajstić information content (AvgIpc) is 3.48. The van der Waals surface area contributed by atoms with Crippen LogP contribution in [0.2, 0.25) is 10.0 Å². The summed E-state index contributed by atoms with van der Waals surface area (Å²) in [5.41, 5.74) is 1.71. The number of halogens is 5. The molecule has 222 valence electrons. The molecule has 0 aliphatic carbocycles. The van der Waals surface area contributed by atoms with E-state index in [0.29, 0.717) is 12.1 Å². The number of alkyl halides is 3. The summed E-state index contributed by atoms with van der Waals surface area (Å²) < 4.78 is 51.8. The highest BCUT2D eigenvalue weighted by molar-refractivity contribution is 6.39. The highest BCUT2D eigenvalue weighted by atomic mass is 35.5. The number of rotatable bonds is 8. The van der Waals surface area contributed by atoms with Crippen LogP contribution >= 0.6 is 23.2 Å². The van der Waals surface area contributed by atoms with Crippen LogP contribution in [-0.4, -0.2) is 41.5 Å². The fourth-order valence-electron chi connectivity index (χ4n) is 5.72. The Morgan fingerprint density at radius 3 is 2.29 bits per heavy atom. The molecule has 3 heterocycles. The van der Waals surface area contributed by atoms with Gasteiger partial charge in [-0.05, 0) is 62.5 Å². The fourth-order valence-corrected chi connectivity index (χ4v) is 6.25. The Bertz CT molecular complexity index is 1410. The van der Waals surface area contributed by atoms with E-state index in [1.165, 1.54) is 37.1 Å². The van der Waals surface area contributed by atoms with Gasteiger partial charge in [-0.3, -0.25) is 9.78 Å². The zero-order chi connectivity index (χ0) is 29.9. The number of piperidine rings is 1. The van der Waals surface area contributed by atoms with Crippen LogP contribution in [-0.2, 0) is 21.4 Å². The SMILES string of the molecule is CC(CCNC(=O)c1c(Cl)cncc1Cl)N1CCC(C2(c3ccccc3-c3ccc(C(F)(F)F)cc3)OC=CO2)CC1. The van der Waals surface area contributed by atoms with Crippen molar-refractivity contribution in [3.05, 3.63) is 100 Å². The molecule has 1 N–H and O–H groups in total. The smallest absolute Gasteiger partial charge is 0.416 e. The summed E-state index contributed by atoms with van der Waals surface area (Å²) in [4.78, 5) is 18.8. The van der Waals surface area contributed by atoms with Gasteiger partial charge in [-0.1, -0.05) is 59.6 Å². The first-order chi connectivity index (χ1) is 20.1. The van der Waals surface area contributed by atoms with E-state index in [0.717, 1.165) is 55.6 Å². The Morgan fingerprint density at radius 1 is 1.05 bits per heavy atom. The molecular weight excluding hydrogens is 590 g/mol. The van der Waals surface area contributed by atoms with Crippen LogP contribution in [0, 0.1) is 5.92 Å². The number of benzene rings is 2. The quantitative estimate of drug-likeness (QED) is 0.280. The minimum absolute atomic E-state index is 0.00206. The molecule has 1 amide bonds. The van der Waals surface area contributed by atoms with E-state index in [1.54, 1.807) is 0 Å². The number of nitrogens with zero attached hydrogens (tertiary/aromatic N) is 2. The highest BCUT2D eigenvalue weighted by Gasteiger charge is 2.48. The van der Waals surface area contributed by atoms with Crippen molar-refractivity contribution >= 4 is 29.1 Å². The number of nitrogens with one attached hydrogen (secondary N) is 1. The molecule has 0 spiro atoms. The predicted octanol–water partition coefficient (Wildman–Crippen LogP) is 7.67. The molecule has 11 heteroatoms. The Hall–Kier alpha value is -3.27. The molecule has 42 heavy (non-hydrogen) atoms. The average molecular weight is 620 g/mol. The number of pyridine rings is 1. The minimum Gasteiger partial charge on any atom is -0.452 e.